The van der Waals surface area contributed by atoms with Crippen molar-refractivity contribution in [2.45, 2.75) is 4.90 Å². The molecule has 0 fully saturated rings. The van der Waals surface area contributed by atoms with Gasteiger partial charge in [-0.2, -0.15) is 0 Å². The highest BCUT2D eigenvalue weighted by Gasteiger charge is 2.15. The zero-order valence-corrected chi connectivity index (χ0v) is 11.6. The number of nitrogens with one attached hydrogen (secondary N) is 1. The van der Waals surface area contributed by atoms with Crippen LogP contribution in [0.5, 0.6) is 0 Å². The van der Waals surface area contributed by atoms with Gasteiger partial charge in [-0.25, -0.2) is 13.4 Å². The molecule has 1 amide bonds. The fraction of sp³-hybridized carbons (Fsp3) is 0. The summed E-state index contributed by atoms with van der Waals surface area (Å²) in [5.74, 6) is -0.583. The number of primary amides is 1. The minimum atomic E-state index is -3.76. The Morgan fingerprint density at radius 3 is 2.40 bits per heavy atom. The first-order chi connectivity index (χ1) is 9.38. The van der Waals surface area contributed by atoms with Crippen molar-refractivity contribution in [1.29, 1.82) is 0 Å². The third-order valence-electron chi connectivity index (χ3n) is 2.43. The van der Waals surface area contributed by atoms with Crippen LogP contribution >= 0.6 is 11.6 Å². The average Bonchev–Trinajstić information content (AvgIpc) is 2.39. The molecule has 0 aliphatic carbocycles. The van der Waals surface area contributed by atoms with E-state index < -0.39 is 15.9 Å². The van der Waals surface area contributed by atoms with Crippen LogP contribution in [-0.4, -0.2) is 19.3 Å². The number of pyridine rings is 1. The molecule has 0 bridgehead atoms. The molecule has 0 radical (unpaired) electrons. The van der Waals surface area contributed by atoms with E-state index in [9.17, 15) is 13.2 Å². The number of aromatic nitrogens is 1. The molecule has 3 N–H and O–H groups in total. The number of carbonyl (C=O) groups excluding carboxylic acids is 1. The lowest BCUT2D eigenvalue weighted by molar-refractivity contribution is 0.100. The molecule has 8 heteroatoms. The lowest BCUT2D eigenvalue weighted by Gasteiger charge is -2.08. The molecule has 2 rings (SSSR count). The number of nitrogens with two attached hydrogens (primary N) is 1. The Morgan fingerprint density at radius 2 is 1.85 bits per heavy atom. The van der Waals surface area contributed by atoms with E-state index in [1.807, 2.05) is 0 Å². The summed E-state index contributed by atoms with van der Waals surface area (Å²) in [6.07, 6.45) is 1.30. The van der Waals surface area contributed by atoms with Gasteiger partial charge in [0.2, 0.25) is 5.91 Å². The maximum Gasteiger partial charge on any atom is 0.262 e. The molecule has 0 atom stereocenters. The monoisotopic (exact) mass is 311 g/mol. The van der Waals surface area contributed by atoms with Gasteiger partial charge >= 0.3 is 0 Å². The lowest BCUT2D eigenvalue weighted by atomic mass is 10.2. The topological polar surface area (TPSA) is 102 Å². The summed E-state index contributed by atoms with van der Waals surface area (Å²) >= 11 is 5.65. The Kier molecular flexibility index (Phi) is 3.91. The molecule has 1 aromatic heterocycles. The van der Waals surface area contributed by atoms with Gasteiger partial charge in [-0.15, -0.1) is 0 Å². The van der Waals surface area contributed by atoms with Crippen LogP contribution in [0.2, 0.25) is 5.15 Å². The second-order valence-electron chi connectivity index (χ2n) is 3.86. The predicted molar refractivity (Wildman–Crippen MR) is 75.0 cm³/mol. The van der Waals surface area contributed by atoms with Gasteiger partial charge in [0, 0.05) is 17.4 Å². The molecule has 0 aliphatic rings. The van der Waals surface area contributed by atoms with Crippen molar-refractivity contribution in [3.63, 3.8) is 0 Å². The van der Waals surface area contributed by atoms with Crippen LogP contribution in [0.3, 0.4) is 0 Å². The summed E-state index contributed by atoms with van der Waals surface area (Å²) in [5, 5.41) is 0.0805. The molecule has 1 aromatic carbocycles. The Hall–Kier alpha value is -2.12. The van der Waals surface area contributed by atoms with Crippen molar-refractivity contribution in [2.75, 3.05) is 4.72 Å². The highest BCUT2D eigenvalue weighted by atomic mass is 35.5. The maximum atomic E-state index is 12.1. The highest BCUT2D eigenvalue weighted by Crippen LogP contribution is 2.18. The Morgan fingerprint density at radius 1 is 1.20 bits per heavy atom. The summed E-state index contributed by atoms with van der Waals surface area (Å²) in [4.78, 5) is 14.6. The maximum absolute atomic E-state index is 12.1. The van der Waals surface area contributed by atoms with Crippen molar-refractivity contribution < 1.29 is 13.2 Å². The summed E-state index contributed by atoms with van der Waals surface area (Å²) in [5.41, 5.74) is 5.70. The molecular formula is C12H10ClN3O3S. The molecular weight excluding hydrogens is 302 g/mol. The Balaban J connectivity index is 2.26. The SMILES string of the molecule is NC(=O)c1ccc(NS(=O)(=O)c2ccnc(Cl)c2)cc1. The van der Waals surface area contributed by atoms with Crippen LogP contribution in [0.25, 0.3) is 0 Å². The minimum Gasteiger partial charge on any atom is -0.366 e. The van der Waals surface area contributed by atoms with Gasteiger partial charge in [0.25, 0.3) is 10.0 Å². The van der Waals surface area contributed by atoms with E-state index in [0.717, 1.165) is 0 Å². The van der Waals surface area contributed by atoms with E-state index in [1.54, 1.807) is 0 Å². The van der Waals surface area contributed by atoms with Crippen LogP contribution in [0, 0.1) is 0 Å². The number of rotatable bonds is 4. The summed E-state index contributed by atoms with van der Waals surface area (Å²) in [6.45, 7) is 0. The van der Waals surface area contributed by atoms with Gasteiger partial charge in [0.15, 0.2) is 0 Å². The van der Waals surface area contributed by atoms with Gasteiger partial charge in [-0.05, 0) is 36.4 Å². The third-order valence-corrected chi connectivity index (χ3v) is 4.02. The fourth-order valence-corrected chi connectivity index (χ4v) is 2.78. The number of anilines is 1. The smallest absolute Gasteiger partial charge is 0.262 e. The Bertz CT molecular complexity index is 745. The lowest BCUT2D eigenvalue weighted by Crippen LogP contribution is -2.14. The van der Waals surface area contributed by atoms with Gasteiger partial charge < -0.3 is 5.73 Å². The molecule has 0 saturated carbocycles. The molecule has 0 spiro atoms. The van der Waals surface area contributed by atoms with E-state index in [-0.39, 0.29) is 10.0 Å². The second-order valence-corrected chi connectivity index (χ2v) is 5.93. The van der Waals surface area contributed by atoms with Crippen molar-refractivity contribution in [2.24, 2.45) is 5.73 Å². The molecule has 20 heavy (non-hydrogen) atoms. The van der Waals surface area contributed by atoms with E-state index in [2.05, 4.69) is 9.71 Å². The van der Waals surface area contributed by atoms with E-state index in [1.165, 1.54) is 42.6 Å². The van der Waals surface area contributed by atoms with Crippen molar-refractivity contribution in [1.82, 2.24) is 4.98 Å². The van der Waals surface area contributed by atoms with Gasteiger partial charge in [-0.1, -0.05) is 11.6 Å². The molecule has 1 heterocycles. The minimum absolute atomic E-state index is 0.00326. The van der Waals surface area contributed by atoms with Crippen LogP contribution in [0.1, 0.15) is 10.4 Å². The second kappa shape index (κ2) is 5.48. The van der Waals surface area contributed by atoms with E-state index in [4.69, 9.17) is 17.3 Å². The number of benzene rings is 1. The quantitative estimate of drug-likeness (QED) is 0.838. The number of halogens is 1. The zero-order chi connectivity index (χ0) is 14.8. The van der Waals surface area contributed by atoms with Gasteiger partial charge in [0.1, 0.15) is 5.15 Å². The standard InChI is InChI=1S/C12H10ClN3O3S/c13-11-7-10(5-6-15-11)20(18,19)16-9-3-1-8(2-4-9)12(14)17/h1-7,16H,(H2,14,17). The molecule has 0 unspecified atom stereocenters. The van der Waals surface area contributed by atoms with Gasteiger partial charge in [0.05, 0.1) is 4.90 Å². The molecule has 0 saturated heterocycles. The average molecular weight is 312 g/mol. The molecule has 104 valence electrons. The molecule has 0 aliphatic heterocycles. The number of hydrogen-bond donors (Lipinski definition) is 2. The summed E-state index contributed by atoms with van der Waals surface area (Å²) in [7, 11) is -3.76. The zero-order valence-electron chi connectivity index (χ0n) is 10.1. The first kappa shape index (κ1) is 14.3. The van der Waals surface area contributed by atoms with E-state index in [0.29, 0.717) is 11.3 Å². The molecule has 6 nitrogen and oxygen atoms in total. The number of carbonyl (C=O) groups is 1. The van der Waals surface area contributed by atoms with Crippen LogP contribution in [0.15, 0.2) is 47.5 Å². The fourth-order valence-electron chi connectivity index (χ4n) is 1.47. The summed E-state index contributed by atoms with van der Waals surface area (Å²) in [6, 6.07) is 8.31. The number of hydrogen-bond acceptors (Lipinski definition) is 4. The normalized spacial score (nSPS) is 11.1. The van der Waals surface area contributed by atoms with Crippen molar-refractivity contribution in [3.8, 4) is 0 Å². The first-order valence-corrected chi connectivity index (χ1v) is 7.29. The third kappa shape index (κ3) is 3.25. The van der Waals surface area contributed by atoms with Gasteiger partial charge in [-0.3, -0.25) is 9.52 Å². The molecule has 2 aromatic rings. The number of nitrogens with zero attached hydrogens (tertiary/aromatic N) is 1. The van der Waals surface area contributed by atoms with Crippen molar-refractivity contribution in [3.05, 3.63) is 53.3 Å². The highest BCUT2D eigenvalue weighted by molar-refractivity contribution is 7.92. The van der Waals surface area contributed by atoms with Crippen LogP contribution in [0.4, 0.5) is 5.69 Å². The van der Waals surface area contributed by atoms with Crippen LogP contribution < -0.4 is 10.5 Å². The predicted octanol–water partition coefficient (Wildman–Crippen LogP) is 1.63. The first-order valence-electron chi connectivity index (χ1n) is 5.43. The summed E-state index contributed by atoms with van der Waals surface area (Å²) < 4.78 is 26.5. The van der Waals surface area contributed by atoms with E-state index >= 15 is 0 Å². The Labute approximate surface area is 120 Å². The number of amides is 1. The van der Waals surface area contributed by atoms with Crippen molar-refractivity contribution >= 4 is 33.2 Å². The number of sulfonamides is 1. The largest absolute Gasteiger partial charge is 0.366 e. The van der Waals surface area contributed by atoms with Crippen LogP contribution in [-0.2, 0) is 10.0 Å².